The summed E-state index contributed by atoms with van der Waals surface area (Å²) in [5.41, 5.74) is 2.13. The molecule has 0 fully saturated rings. The number of hydrogen-bond acceptors (Lipinski definition) is 2. The molecule has 3 heteroatoms. The molecule has 1 aromatic carbocycles. The molecule has 0 unspecified atom stereocenters. The third-order valence-electron chi connectivity index (χ3n) is 2.85. The van der Waals surface area contributed by atoms with Crippen LogP contribution in [0.3, 0.4) is 0 Å². The molecule has 84 valence electrons. The monoisotopic (exact) mass is 217 g/mol. The zero-order valence-electron chi connectivity index (χ0n) is 9.02. The Hall–Kier alpha value is -1.61. The summed E-state index contributed by atoms with van der Waals surface area (Å²) >= 11 is 0. The van der Waals surface area contributed by atoms with Crippen molar-refractivity contribution >= 4 is 5.91 Å². The Morgan fingerprint density at radius 2 is 2.31 bits per heavy atom. The normalized spacial score (nSPS) is 22.6. The van der Waals surface area contributed by atoms with Gasteiger partial charge in [0.15, 0.2) is 0 Å². The first-order valence-corrected chi connectivity index (χ1v) is 5.38. The predicted octanol–water partition coefficient (Wildman–Crippen LogP) is 1.34. The van der Waals surface area contributed by atoms with E-state index in [0.29, 0.717) is 6.42 Å². The number of fused-ring (bicyclic) bond motifs is 1. The van der Waals surface area contributed by atoms with E-state index in [0.717, 1.165) is 11.1 Å². The van der Waals surface area contributed by atoms with Gasteiger partial charge in [0.1, 0.15) is 0 Å². The lowest BCUT2D eigenvalue weighted by atomic mass is 10.1. The van der Waals surface area contributed by atoms with Crippen LogP contribution >= 0.6 is 0 Å². The SMILES string of the molecule is C=CCC(=O)N[C@@H]1c2ccccc2C[C@@H]1O. The summed E-state index contributed by atoms with van der Waals surface area (Å²) in [5.74, 6) is -0.101. The van der Waals surface area contributed by atoms with Gasteiger partial charge in [-0.1, -0.05) is 30.3 Å². The molecular weight excluding hydrogens is 202 g/mol. The number of benzene rings is 1. The minimum atomic E-state index is -0.522. The van der Waals surface area contributed by atoms with Crippen LogP contribution in [0.15, 0.2) is 36.9 Å². The molecule has 0 saturated carbocycles. The molecule has 3 nitrogen and oxygen atoms in total. The van der Waals surface area contributed by atoms with Crippen LogP contribution < -0.4 is 5.32 Å². The molecule has 0 radical (unpaired) electrons. The van der Waals surface area contributed by atoms with E-state index >= 15 is 0 Å². The van der Waals surface area contributed by atoms with Crippen LogP contribution in [0, 0.1) is 0 Å². The Labute approximate surface area is 94.8 Å². The molecule has 0 aliphatic heterocycles. The number of aliphatic hydroxyl groups is 1. The number of rotatable bonds is 3. The van der Waals surface area contributed by atoms with Crippen molar-refractivity contribution in [3.8, 4) is 0 Å². The van der Waals surface area contributed by atoms with E-state index in [-0.39, 0.29) is 18.4 Å². The molecule has 1 aromatic rings. The largest absolute Gasteiger partial charge is 0.390 e. The van der Waals surface area contributed by atoms with Gasteiger partial charge in [0.2, 0.25) is 5.91 Å². The van der Waals surface area contributed by atoms with E-state index in [1.54, 1.807) is 6.08 Å². The average Bonchev–Trinajstić information content (AvgIpc) is 2.56. The maximum absolute atomic E-state index is 11.5. The molecule has 1 aliphatic carbocycles. The number of aliphatic hydroxyl groups excluding tert-OH is 1. The summed E-state index contributed by atoms with van der Waals surface area (Å²) in [4.78, 5) is 11.5. The van der Waals surface area contributed by atoms with Crippen LogP contribution in [0.1, 0.15) is 23.6 Å². The Morgan fingerprint density at radius 1 is 1.56 bits per heavy atom. The second kappa shape index (κ2) is 4.49. The molecule has 1 aliphatic rings. The predicted molar refractivity (Wildman–Crippen MR) is 61.9 cm³/mol. The summed E-state index contributed by atoms with van der Waals surface area (Å²) in [5, 5.41) is 12.7. The van der Waals surface area contributed by atoms with E-state index in [2.05, 4.69) is 11.9 Å². The highest BCUT2D eigenvalue weighted by Crippen LogP contribution is 2.31. The Kier molecular flexibility index (Phi) is 3.06. The summed E-state index contributed by atoms with van der Waals surface area (Å²) < 4.78 is 0. The fourth-order valence-electron chi connectivity index (χ4n) is 2.11. The molecule has 2 rings (SSSR count). The lowest BCUT2D eigenvalue weighted by Crippen LogP contribution is -2.33. The first-order chi connectivity index (χ1) is 7.72. The van der Waals surface area contributed by atoms with Gasteiger partial charge in [-0.15, -0.1) is 6.58 Å². The van der Waals surface area contributed by atoms with Crippen molar-refractivity contribution in [3.05, 3.63) is 48.0 Å². The zero-order chi connectivity index (χ0) is 11.5. The minimum absolute atomic E-state index is 0.101. The number of carbonyl (C=O) groups is 1. The van der Waals surface area contributed by atoms with Gasteiger partial charge in [-0.05, 0) is 11.1 Å². The summed E-state index contributed by atoms with van der Waals surface area (Å²) in [6.07, 6.45) is 1.93. The van der Waals surface area contributed by atoms with Crippen molar-refractivity contribution in [2.24, 2.45) is 0 Å². The fourth-order valence-corrected chi connectivity index (χ4v) is 2.11. The number of carbonyl (C=O) groups excluding carboxylic acids is 1. The molecule has 1 amide bonds. The van der Waals surface area contributed by atoms with Crippen LogP contribution in [-0.2, 0) is 11.2 Å². The van der Waals surface area contributed by atoms with Gasteiger partial charge in [-0.3, -0.25) is 4.79 Å². The Bertz CT molecular complexity index is 414. The second-order valence-corrected chi connectivity index (χ2v) is 4.01. The molecule has 0 spiro atoms. The molecule has 0 bridgehead atoms. The Balaban J connectivity index is 2.16. The molecule has 0 aromatic heterocycles. The highest BCUT2D eigenvalue weighted by Gasteiger charge is 2.31. The molecule has 2 N–H and O–H groups in total. The zero-order valence-corrected chi connectivity index (χ0v) is 9.02. The van der Waals surface area contributed by atoms with Gasteiger partial charge in [0, 0.05) is 12.8 Å². The van der Waals surface area contributed by atoms with Crippen LogP contribution in [0.5, 0.6) is 0 Å². The standard InChI is InChI=1S/C13H15NO2/c1-2-5-12(16)14-13-10-7-4-3-6-9(10)8-11(13)15/h2-4,6-7,11,13,15H,1,5,8H2,(H,14,16)/t11-,13+/m0/s1. The second-order valence-electron chi connectivity index (χ2n) is 4.01. The van der Waals surface area contributed by atoms with Crippen molar-refractivity contribution in [2.75, 3.05) is 0 Å². The third kappa shape index (κ3) is 1.99. The number of hydrogen-bond donors (Lipinski definition) is 2. The molecule has 0 saturated heterocycles. The van der Waals surface area contributed by atoms with Crippen LogP contribution in [0.2, 0.25) is 0 Å². The highest BCUT2D eigenvalue weighted by atomic mass is 16.3. The van der Waals surface area contributed by atoms with Crippen molar-refractivity contribution in [1.82, 2.24) is 5.32 Å². The van der Waals surface area contributed by atoms with Gasteiger partial charge >= 0.3 is 0 Å². The average molecular weight is 217 g/mol. The summed E-state index contributed by atoms with van der Waals surface area (Å²) in [7, 11) is 0. The topological polar surface area (TPSA) is 49.3 Å². The number of amides is 1. The van der Waals surface area contributed by atoms with Gasteiger partial charge < -0.3 is 10.4 Å². The lowest BCUT2D eigenvalue weighted by molar-refractivity contribution is -0.121. The summed E-state index contributed by atoms with van der Waals surface area (Å²) in [6, 6.07) is 7.52. The highest BCUT2D eigenvalue weighted by molar-refractivity contribution is 5.78. The van der Waals surface area contributed by atoms with Gasteiger partial charge in [0.25, 0.3) is 0 Å². The van der Waals surface area contributed by atoms with E-state index in [9.17, 15) is 9.90 Å². The van der Waals surface area contributed by atoms with Crippen LogP contribution in [0.25, 0.3) is 0 Å². The van der Waals surface area contributed by atoms with Crippen LogP contribution in [-0.4, -0.2) is 17.1 Å². The van der Waals surface area contributed by atoms with Crippen LogP contribution in [0.4, 0.5) is 0 Å². The molecule has 16 heavy (non-hydrogen) atoms. The Morgan fingerprint density at radius 3 is 3.06 bits per heavy atom. The third-order valence-corrected chi connectivity index (χ3v) is 2.85. The maximum atomic E-state index is 11.5. The fraction of sp³-hybridized carbons (Fsp3) is 0.308. The lowest BCUT2D eigenvalue weighted by Gasteiger charge is -2.17. The minimum Gasteiger partial charge on any atom is -0.390 e. The molecule has 2 atom stereocenters. The summed E-state index contributed by atoms with van der Waals surface area (Å²) in [6.45, 7) is 3.52. The number of nitrogens with one attached hydrogen (secondary N) is 1. The van der Waals surface area contributed by atoms with Gasteiger partial charge in [0.05, 0.1) is 12.1 Å². The van der Waals surface area contributed by atoms with Gasteiger partial charge in [-0.25, -0.2) is 0 Å². The van der Waals surface area contributed by atoms with E-state index in [1.807, 2.05) is 24.3 Å². The van der Waals surface area contributed by atoms with E-state index in [1.165, 1.54) is 0 Å². The maximum Gasteiger partial charge on any atom is 0.224 e. The van der Waals surface area contributed by atoms with Gasteiger partial charge in [-0.2, -0.15) is 0 Å². The van der Waals surface area contributed by atoms with Crippen molar-refractivity contribution < 1.29 is 9.90 Å². The smallest absolute Gasteiger partial charge is 0.224 e. The molecular formula is C13H15NO2. The quantitative estimate of drug-likeness (QED) is 0.750. The van der Waals surface area contributed by atoms with Crippen molar-refractivity contribution in [1.29, 1.82) is 0 Å². The van der Waals surface area contributed by atoms with E-state index < -0.39 is 6.10 Å². The molecule has 0 heterocycles. The van der Waals surface area contributed by atoms with Crippen molar-refractivity contribution in [2.45, 2.75) is 25.0 Å². The van der Waals surface area contributed by atoms with E-state index in [4.69, 9.17) is 0 Å². The first kappa shape index (κ1) is 10.9. The first-order valence-electron chi connectivity index (χ1n) is 5.38. The van der Waals surface area contributed by atoms with Crippen molar-refractivity contribution in [3.63, 3.8) is 0 Å².